The van der Waals surface area contributed by atoms with Crippen molar-refractivity contribution >= 4 is 33.1 Å². The first kappa shape index (κ1) is 12.4. The molecule has 19 heavy (non-hydrogen) atoms. The van der Waals surface area contributed by atoms with E-state index in [9.17, 15) is 4.79 Å². The molecule has 1 saturated heterocycles. The number of amides is 1. The van der Waals surface area contributed by atoms with Crippen molar-refractivity contribution in [2.24, 2.45) is 0 Å². The van der Waals surface area contributed by atoms with Crippen LogP contribution in [0.3, 0.4) is 0 Å². The molecule has 0 bridgehead atoms. The lowest BCUT2D eigenvalue weighted by Gasteiger charge is -2.27. The highest BCUT2D eigenvalue weighted by atomic mass is 32.1. The number of piperazine rings is 1. The number of thiophene rings is 1. The minimum atomic E-state index is 0.0291. The Bertz CT molecular complexity index is 631. The van der Waals surface area contributed by atoms with E-state index in [4.69, 9.17) is 5.73 Å². The second kappa shape index (κ2) is 4.79. The van der Waals surface area contributed by atoms with Gasteiger partial charge >= 0.3 is 0 Å². The number of anilines is 1. The summed E-state index contributed by atoms with van der Waals surface area (Å²) in [5.74, 6) is 0.0291. The SMILES string of the molecule is Cc1ccnc2sc(C(=O)N3CCNCC3)c(N)c12. The standard InChI is InChI=1S/C13H16N4OS/c1-8-2-3-16-12-9(8)10(14)11(19-12)13(18)17-6-4-15-5-7-17/h2-3,15H,4-7,14H2,1H3. The van der Waals surface area contributed by atoms with Gasteiger partial charge in [0.2, 0.25) is 0 Å². The molecular formula is C13H16N4OS. The van der Waals surface area contributed by atoms with Gasteiger partial charge in [-0.25, -0.2) is 4.98 Å². The maximum atomic E-state index is 12.5. The third kappa shape index (κ3) is 2.06. The zero-order chi connectivity index (χ0) is 13.4. The smallest absolute Gasteiger partial charge is 0.266 e. The van der Waals surface area contributed by atoms with Crippen LogP contribution in [0, 0.1) is 6.92 Å². The third-order valence-electron chi connectivity index (χ3n) is 3.44. The molecule has 0 atom stereocenters. The van der Waals surface area contributed by atoms with Gasteiger partial charge in [0.1, 0.15) is 9.71 Å². The summed E-state index contributed by atoms with van der Waals surface area (Å²) in [6.45, 7) is 5.14. The molecule has 0 saturated carbocycles. The maximum Gasteiger partial charge on any atom is 0.266 e. The first-order chi connectivity index (χ1) is 9.18. The van der Waals surface area contributed by atoms with Gasteiger partial charge in [-0.3, -0.25) is 4.79 Å². The summed E-state index contributed by atoms with van der Waals surface area (Å²) in [5, 5.41) is 4.16. The Morgan fingerprint density at radius 2 is 2.21 bits per heavy atom. The van der Waals surface area contributed by atoms with Gasteiger partial charge in [-0.15, -0.1) is 11.3 Å². The molecular weight excluding hydrogens is 260 g/mol. The van der Waals surface area contributed by atoms with Gasteiger partial charge in [0.25, 0.3) is 5.91 Å². The molecule has 5 nitrogen and oxygen atoms in total. The number of carbonyl (C=O) groups excluding carboxylic acids is 1. The van der Waals surface area contributed by atoms with Crippen molar-refractivity contribution in [1.82, 2.24) is 15.2 Å². The average Bonchev–Trinajstić information content (AvgIpc) is 2.78. The number of rotatable bonds is 1. The van der Waals surface area contributed by atoms with E-state index in [1.165, 1.54) is 11.3 Å². The Labute approximate surface area is 115 Å². The summed E-state index contributed by atoms with van der Waals surface area (Å²) in [4.78, 5) is 20.1. The number of fused-ring (bicyclic) bond motifs is 1. The molecule has 2 aromatic heterocycles. The van der Waals surface area contributed by atoms with Gasteiger partial charge < -0.3 is 16.0 Å². The second-order valence-corrected chi connectivity index (χ2v) is 5.69. The highest BCUT2D eigenvalue weighted by molar-refractivity contribution is 7.21. The Balaban J connectivity index is 2.03. The van der Waals surface area contributed by atoms with Crippen LogP contribution in [-0.4, -0.2) is 42.0 Å². The van der Waals surface area contributed by atoms with Crippen LogP contribution in [0.15, 0.2) is 12.3 Å². The van der Waals surface area contributed by atoms with Crippen molar-refractivity contribution in [3.8, 4) is 0 Å². The Hall–Kier alpha value is -1.66. The van der Waals surface area contributed by atoms with Crippen LogP contribution < -0.4 is 11.1 Å². The first-order valence-electron chi connectivity index (χ1n) is 6.32. The molecule has 0 radical (unpaired) electrons. The molecule has 0 unspecified atom stereocenters. The largest absolute Gasteiger partial charge is 0.397 e. The number of carbonyl (C=O) groups is 1. The lowest BCUT2D eigenvalue weighted by atomic mass is 10.1. The maximum absolute atomic E-state index is 12.5. The number of nitrogens with zero attached hydrogens (tertiary/aromatic N) is 2. The molecule has 0 aliphatic carbocycles. The van der Waals surface area contributed by atoms with Crippen LogP contribution in [0.25, 0.3) is 10.2 Å². The number of hydrogen-bond donors (Lipinski definition) is 2. The van der Waals surface area contributed by atoms with Crippen LogP contribution in [0.2, 0.25) is 0 Å². The Morgan fingerprint density at radius 1 is 1.47 bits per heavy atom. The van der Waals surface area contributed by atoms with Gasteiger partial charge in [0.15, 0.2) is 0 Å². The molecule has 6 heteroatoms. The zero-order valence-electron chi connectivity index (χ0n) is 10.8. The number of nitrogens with two attached hydrogens (primary N) is 1. The van der Waals surface area contributed by atoms with E-state index < -0.39 is 0 Å². The van der Waals surface area contributed by atoms with Gasteiger partial charge in [0.05, 0.1) is 5.69 Å². The summed E-state index contributed by atoms with van der Waals surface area (Å²) < 4.78 is 0. The fourth-order valence-corrected chi connectivity index (χ4v) is 3.48. The molecule has 3 heterocycles. The summed E-state index contributed by atoms with van der Waals surface area (Å²) >= 11 is 1.39. The van der Waals surface area contributed by atoms with Crippen molar-refractivity contribution in [1.29, 1.82) is 0 Å². The van der Waals surface area contributed by atoms with E-state index in [1.807, 2.05) is 17.9 Å². The van der Waals surface area contributed by atoms with Crippen molar-refractivity contribution < 1.29 is 4.79 Å². The van der Waals surface area contributed by atoms with Gasteiger partial charge in [-0.2, -0.15) is 0 Å². The van der Waals surface area contributed by atoms with Crippen LogP contribution in [0.5, 0.6) is 0 Å². The normalized spacial score (nSPS) is 15.9. The van der Waals surface area contributed by atoms with Gasteiger partial charge in [0, 0.05) is 37.8 Å². The molecule has 1 fully saturated rings. The third-order valence-corrected chi connectivity index (χ3v) is 4.54. The summed E-state index contributed by atoms with van der Waals surface area (Å²) in [5.41, 5.74) is 7.80. The van der Waals surface area contributed by atoms with Crippen molar-refractivity contribution in [3.63, 3.8) is 0 Å². The molecule has 0 aromatic carbocycles. The van der Waals surface area contributed by atoms with E-state index in [1.54, 1.807) is 6.20 Å². The number of aromatic nitrogens is 1. The van der Waals surface area contributed by atoms with Crippen LogP contribution in [-0.2, 0) is 0 Å². The highest BCUT2D eigenvalue weighted by Crippen LogP contribution is 2.35. The van der Waals surface area contributed by atoms with Crippen molar-refractivity contribution in [3.05, 3.63) is 22.7 Å². The minimum Gasteiger partial charge on any atom is -0.397 e. The first-order valence-corrected chi connectivity index (χ1v) is 7.13. The zero-order valence-corrected chi connectivity index (χ0v) is 11.6. The summed E-state index contributed by atoms with van der Waals surface area (Å²) in [6.07, 6.45) is 1.76. The van der Waals surface area contributed by atoms with Crippen molar-refractivity contribution in [2.75, 3.05) is 31.9 Å². The number of hydrogen-bond acceptors (Lipinski definition) is 5. The molecule has 0 spiro atoms. The summed E-state index contributed by atoms with van der Waals surface area (Å²) in [6, 6.07) is 1.92. The fraction of sp³-hybridized carbons (Fsp3) is 0.385. The Kier molecular flexibility index (Phi) is 3.12. The average molecular weight is 276 g/mol. The number of aryl methyl sites for hydroxylation is 1. The van der Waals surface area contributed by atoms with E-state index in [-0.39, 0.29) is 5.91 Å². The molecule has 3 rings (SSSR count). The van der Waals surface area contributed by atoms with Crippen LogP contribution >= 0.6 is 11.3 Å². The van der Waals surface area contributed by atoms with Gasteiger partial charge in [-0.1, -0.05) is 0 Å². The molecule has 3 N–H and O–H groups in total. The topological polar surface area (TPSA) is 71.2 Å². The van der Waals surface area contributed by atoms with Gasteiger partial charge in [-0.05, 0) is 18.6 Å². The fourth-order valence-electron chi connectivity index (χ4n) is 2.37. The van der Waals surface area contributed by atoms with E-state index in [0.29, 0.717) is 10.6 Å². The molecule has 1 amide bonds. The van der Waals surface area contributed by atoms with Crippen molar-refractivity contribution in [2.45, 2.75) is 6.92 Å². The molecule has 1 aliphatic rings. The van der Waals surface area contributed by atoms with E-state index in [2.05, 4.69) is 10.3 Å². The quantitative estimate of drug-likeness (QED) is 0.822. The van der Waals surface area contributed by atoms with Crippen LogP contribution in [0.4, 0.5) is 5.69 Å². The Morgan fingerprint density at radius 3 is 2.89 bits per heavy atom. The highest BCUT2D eigenvalue weighted by Gasteiger charge is 2.24. The van der Waals surface area contributed by atoms with Crippen LogP contribution in [0.1, 0.15) is 15.2 Å². The van der Waals surface area contributed by atoms with E-state index >= 15 is 0 Å². The second-order valence-electron chi connectivity index (χ2n) is 4.70. The molecule has 100 valence electrons. The number of nitrogen functional groups attached to an aromatic ring is 1. The lowest BCUT2D eigenvalue weighted by molar-refractivity contribution is 0.0741. The lowest BCUT2D eigenvalue weighted by Crippen LogP contribution is -2.46. The summed E-state index contributed by atoms with van der Waals surface area (Å²) in [7, 11) is 0. The number of pyridine rings is 1. The minimum absolute atomic E-state index is 0.0291. The monoisotopic (exact) mass is 276 g/mol. The number of nitrogens with one attached hydrogen (secondary N) is 1. The molecule has 1 aliphatic heterocycles. The van der Waals surface area contributed by atoms with E-state index in [0.717, 1.165) is 42.0 Å². The predicted molar refractivity (Wildman–Crippen MR) is 77.5 cm³/mol. The predicted octanol–water partition coefficient (Wildman–Crippen LogP) is 1.23. The molecule has 2 aromatic rings.